The molecule has 0 saturated heterocycles. The van der Waals surface area contributed by atoms with Gasteiger partial charge in [-0.05, 0) is 37.5 Å². The molecular formula is C16H18ClFN2O. The van der Waals surface area contributed by atoms with Gasteiger partial charge in [-0.15, -0.1) is 0 Å². The van der Waals surface area contributed by atoms with E-state index >= 15 is 0 Å². The van der Waals surface area contributed by atoms with Gasteiger partial charge in [-0.25, -0.2) is 4.39 Å². The highest BCUT2D eigenvalue weighted by atomic mass is 35.5. The lowest BCUT2D eigenvalue weighted by Crippen LogP contribution is -2.22. The number of aromatic nitrogens is 1. The minimum absolute atomic E-state index is 0.00579. The molecule has 21 heavy (non-hydrogen) atoms. The van der Waals surface area contributed by atoms with Crippen molar-refractivity contribution < 1.29 is 8.91 Å². The van der Waals surface area contributed by atoms with E-state index in [0.29, 0.717) is 10.6 Å². The van der Waals surface area contributed by atoms with E-state index in [2.05, 4.69) is 12.1 Å². The molecule has 0 aliphatic heterocycles. The molecule has 0 amide bonds. The summed E-state index contributed by atoms with van der Waals surface area (Å²) in [6.07, 6.45) is 5.47. The molecule has 5 heteroatoms. The van der Waals surface area contributed by atoms with Crippen molar-refractivity contribution >= 4 is 17.5 Å². The van der Waals surface area contributed by atoms with Gasteiger partial charge in [0.1, 0.15) is 5.82 Å². The van der Waals surface area contributed by atoms with E-state index in [0.717, 1.165) is 30.5 Å². The van der Waals surface area contributed by atoms with Crippen LogP contribution in [0.25, 0.3) is 11.1 Å². The third kappa shape index (κ3) is 2.31. The standard InChI is InChI=1S/C16H18ClFN2O/c1-2-16(7-3-4-8-16)14-13(15(19)21-20-14)11-6-5-10(18)9-12(11)17/h5-6,9H,2-4,7-8,19H2,1H3. The van der Waals surface area contributed by atoms with Crippen LogP contribution in [0.3, 0.4) is 0 Å². The molecule has 1 aliphatic rings. The summed E-state index contributed by atoms with van der Waals surface area (Å²) in [5.74, 6) is -0.121. The Labute approximate surface area is 128 Å². The fraction of sp³-hybridized carbons (Fsp3) is 0.438. The second-order valence-electron chi connectivity index (χ2n) is 5.74. The average molecular weight is 309 g/mol. The summed E-state index contributed by atoms with van der Waals surface area (Å²) in [6, 6.07) is 4.31. The van der Waals surface area contributed by atoms with Crippen LogP contribution in [0.2, 0.25) is 5.02 Å². The topological polar surface area (TPSA) is 52.0 Å². The molecule has 2 N–H and O–H groups in total. The summed E-state index contributed by atoms with van der Waals surface area (Å²) in [7, 11) is 0. The maximum absolute atomic E-state index is 13.3. The molecule has 1 aromatic heterocycles. The normalized spacial score (nSPS) is 17.3. The molecule has 0 radical (unpaired) electrons. The van der Waals surface area contributed by atoms with Crippen molar-refractivity contribution in [2.75, 3.05) is 5.73 Å². The minimum Gasteiger partial charge on any atom is -0.367 e. The van der Waals surface area contributed by atoms with Crippen LogP contribution in [-0.4, -0.2) is 5.16 Å². The molecule has 1 fully saturated rings. The number of halogens is 2. The van der Waals surface area contributed by atoms with Crippen molar-refractivity contribution in [2.24, 2.45) is 0 Å². The van der Waals surface area contributed by atoms with E-state index < -0.39 is 0 Å². The van der Waals surface area contributed by atoms with Crippen molar-refractivity contribution in [1.29, 1.82) is 0 Å². The lowest BCUT2D eigenvalue weighted by Gasteiger charge is -2.26. The first kappa shape index (κ1) is 14.4. The molecule has 1 aliphatic carbocycles. The smallest absolute Gasteiger partial charge is 0.230 e. The Kier molecular flexibility index (Phi) is 3.66. The maximum atomic E-state index is 13.3. The van der Waals surface area contributed by atoms with Gasteiger partial charge in [0.25, 0.3) is 0 Å². The second-order valence-corrected chi connectivity index (χ2v) is 6.14. The lowest BCUT2D eigenvalue weighted by atomic mass is 9.77. The average Bonchev–Trinajstić information content (AvgIpc) is 3.07. The van der Waals surface area contributed by atoms with Gasteiger partial charge < -0.3 is 10.3 Å². The SMILES string of the molecule is CCC1(c2noc(N)c2-c2ccc(F)cc2Cl)CCCC1. The first-order valence-electron chi connectivity index (χ1n) is 7.28. The third-order valence-corrected chi connectivity index (χ3v) is 4.97. The molecule has 0 unspecified atom stereocenters. The number of hydrogen-bond acceptors (Lipinski definition) is 3. The summed E-state index contributed by atoms with van der Waals surface area (Å²) in [6.45, 7) is 2.16. The zero-order valence-electron chi connectivity index (χ0n) is 12.0. The van der Waals surface area contributed by atoms with Gasteiger partial charge in [-0.2, -0.15) is 0 Å². The highest BCUT2D eigenvalue weighted by Gasteiger charge is 2.40. The number of hydrogen-bond donors (Lipinski definition) is 1. The molecule has 1 heterocycles. The van der Waals surface area contributed by atoms with E-state index in [4.69, 9.17) is 21.9 Å². The Balaban J connectivity index is 2.17. The van der Waals surface area contributed by atoms with E-state index in [9.17, 15) is 4.39 Å². The first-order valence-corrected chi connectivity index (χ1v) is 7.66. The number of anilines is 1. The van der Waals surface area contributed by atoms with Gasteiger partial charge in [0.05, 0.1) is 16.3 Å². The van der Waals surface area contributed by atoms with Crippen LogP contribution in [0.15, 0.2) is 22.7 Å². The highest BCUT2D eigenvalue weighted by molar-refractivity contribution is 6.33. The van der Waals surface area contributed by atoms with Crippen LogP contribution in [-0.2, 0) is 5.41 Å². The van der Waals surface area contributed by atoms with E-state index in [1.165, 1.54) is 25.0 Å². The summed E-state index contributed by atoms with van der Waals surface area (Å²) >= 11 is 6.20. The van der Waals surface area contributed by atoms with Crippen LogP contribution in [0.4, 0.5) is 10.3 Å². The molecule has 0 bridgehead atoms. The summed E-state index contributed by atoms with van der Waals surface area (Å²) in [5, 5.41) is 4.56. The van der Waals surface area contributed by atoms with Crippen molar-refractivity contribution in [3.8, 4) is 11.1 Å². The van der Waals surface area contributed by atoms with Crippen molar-refractivity contribution in [3.05, 3.63) is 34.7 Å². The molecule has 3 nitrogen and oxygen atoms in total. The minimum atomic E-state index is -0.369. The van der Waals surface area contributed by atoms with Crippen molar-refractivity contribution in [1.82, 2.24) is 5.16 Å². The van der Waals surface area contributed by atoms with Gasteiger partial charge in [0.15, 0.2) is 0 Å². The van der Waals surface area contributed by atoms with E-state index in [-0.39, 0.29) is 17.1 Å². The fourth-order valence-electron chi connectivity index (χ4n) is 3.43. The monoisotopic (exact) mass is 308 g/mol. The van der Waals surface area contributed by atoms with E-state index in [1.807, 2.05) is 0 Å². The highest BCUT2D eigenvalue weighted by Crippen LogP contribution is 2.49. The molecule has 0 spiro atoms. The predicted molar refractivity (Wildman–Crippen MR) is 81.8 cm³/mol. The number of nitrogen functional groups attached to an aromatic ring is 1. The Bertz CT molecular complexity index is 662. The predicted octanol–water partition coefficient (Wildman–Crippen LogP) is 4.94. The van der Waals surface area contributed by atoms with Gasteiger partial charge in [-0.3, -0.25) is 0 Å². The lowest BCUT2D eigenvalue weighted by molar-refractivity contribution is 0.361. The fourth-order valence-corrected chi connectivity index (χ4v) is 3.69. The number of rotatable bonds is 3. The Hall–Kier alpha value is -1.55. The molecular weight excluding hydrogens is 291 g/mol. The molecule has 0 atom stereocenters. The van der Waals surface area contributed by atoms with E-state index in [1.54, 1.807) is 6.07 Å². The Morgan fingerprint density at radius 2 is 2.10 bits per heavy atom. The number of nitrogens with zero attached hydrogens (tertiary/aromatic N) is 1. The van der Waals surface area contributed by atoms with Crippen molar-refractivity contribution in [3.63, 3.8) is 0 Å². The van der Waals surface area contributed by atoms with Crippen LogP contribution in [0.5, 0.6) is 0 Å². The van der Waals surface area contributed by atoms with Gasteiger partial charge >= 0.3 is 0 Å². The zero-order chi connectivity index (χ0) is 15.0. The van der Waals surface area contributed by atoms with Gasteiger partial charge in [0.2, 0.25) is 5.88 Å². The molecule has 2 aromatic rings. The molecule has 3 rings (SSSR count). The third-order valence-electron chi connectivity index (χ3n) is 4.66. The molecule has 112 valence electrons. The van der Waals surface area contributed by atoms with Crippen molar-refractivity contribution in [2.45, 2.75) is 44.4 Å². The van der Waals surface area contributed by atoms with Crippen LogP contribution >= 0.6 is 11.6 Å². The van der Waals surface area contributed by atoms with Gasteiger partial charge in [-0.1, -0.05) is 36.5 Å². The molecule has 1 saturated carbocycles. The Morgan fingerprint density at radius 1 is 1.38 bits per heavy atom. The summed E-state index contributed by atoms with van der Waals surface area (Å²) < 4.78 is 18.5. The number of benzene rings is 1. The van der Waals surface area contributed by atoms with Gasteiger partial charge in [0, 0.05) is 11.0 Å². The summed E-state index contributed by atoms with van der Waals surface area (Å²) in [5.41, 5.74) is 8.26. The quantitative estimate of drug-likeness (QED) is 0.874. The van der Waals surface area contributed by atoms with Crippen LogP contribution in [0.1, 0.15) is 44.7 Å². The Morgan fingerprint density at radius 3 is 2.71 bits per heavy atom. The summed E-state index contributed by atoms with van der Waals surface area (Å²) in [4.78, 5) is 0. The second kappa shape index (κ2) is 5.34. The zero-order valence-corrected chi connectivity index (χ0v) is 12.7. The number of nitrogens with two attached hydrogens (primary N) is 1. The van der Waals surface area contributed by atoms with Crippen LogP contribution < -0.4 is 5.73 Å². The molecule has 1 aromatic carbocycles. The maximum Gasteiger partial charge on any atom is 0.230 e. The van der Waals surface area contributed by atoms with Crippen LogP contribution in [0, 0.1) is 5.82 Å². The largest absolute Gasteiger partial charge is 0.367 e. The first-order chi connectivity index (χ1) is 10.1.